The molecule has 0 fully saturated rings. The van der Waals surface area contributed by atoms with Crippen LogP contribution in [-0.2, 0) is 9.53 Å². The Bertz CT molecular complexity index is 704. The largest absolute Gasteiger partial charge is 0.508 e. The normalized spacial score (nSPS) is 9.86. The predicted molar refractivity (Wildman–Crippen MR) is 78.6 cm³/mol. The summed E-state index contributed by atoms with van der Waals surface area (Å²) in [5, 5.41) is 11.7. The summed E-state index contributed by atoms with van der Waals surface area (Å²) in [5.41, 5.74) is 0.871. The number of benzene rings is 2. The van der Waals surface area contributed by atoms with Crippen molar-refractivity contribution in [3.05, 3.63) is 59.7 Å². The molecule has 0 aliphatic rings. The molecule has 6 heteroatoms. The van der Waals surface area contributed by atoms with Gasteiger partial charge in [-0.25, -0.2) is 9.59 Å². The third-order valence-electron chi connectivity index (χ3n) is 2.73. The van der Waals surface area contributed by atoms with E-state index in [-0.39, 0.29) is 22.8 Å². The highest BCUT2D eigenvalue weighted by Gasteiger charge is 2.15. The third-order valence-corrected chi connectivity index (χ3v) is 2.73. The van der Waals surface area contributed by atoms with Gasteiger partial charge in [0.05, 0.1) is 11.1 Å². The van der Waals surface area contributed by atoms with Crippen molar-refractivity contribution in [3.8, 4) is 5.75 Å². The van der Waals surface area contributed by atoms with E-state index in [1.54, 1.807) is 0 Å². The van der Waals surface area contributed by atoms with E-state index >= 15 is 0 Å². The Hall–Kier alpha value is -3.15. The van der Waals surface area contributed by atoms with E-state index in [2.05, 4.69) is 5.32 Å². The fourth-order valence-corrected chi connectivity index (χ4v) is 1.69. The molecule has 0 saturated heterocycles. The lowest BCUT2D eigenvalue weighted by molar-refractivity contribution is -0.114. The zero-order chi connectivity index (χ0) is 16.1. The number of esters is 2. The minimum Gasteiger partial charge on any atom is -0.508 e. The molecule has 2 aromatic carbocycles. The molecule has 2 N–H and O–H groups in total. The van der Waals surface area contributed by atoms with Gasteiger partial charge in [-0.2, -0.15) is 0 Å². The van der Waals surface area contributed by atoms with Crippen LogP contribution in [0.2, 0.25) is 0 Å². The fraction of sp³-hybridized carbons (Fsp3) is 0.0625. The first-order valence-corrected chi connectivity index (χ1v) is 6.39. The first-order chi connectivity index (χ1) is 10.5. The van der Waals surface area contributed by atoms with Gasteiger partial charge in [0.25, 0.3) is 0 Å². The van der Waals surface area contributed by atoms with Gasteiger partial charge in [-0.1, -0.05) is 0 Å². The van der Waals surface area contributed by atoms with Gasteiger partial charge in [0.15, 0.2) is 0 Å². The standard InChI is InChI=1S/C16H13NO5/c1-10(18)17-13-6-2-11(3-7-13)15(20)22-16(21)12-4-8-14(19)9-5-12/h2-9,19H,1H3,(H,17,18). The second-order valence-electron chi connectivity index (χ2n) is 4.48. The van der Waals surface area contributed by atoms with Gasteiger partial charge in [0, 0.05) is 12.6 Å². The third kappa shape index (κ3) is 3.92. The maximum absolute atomic E-state index is 11.8. The number of ether oxygens (including phenoxy) is 1. The molecule has 22 heavy (non-hydrogen) atoms. The van der Waals surface area contributed by atoms with Crippen LogP contribution in [0.1, 0.15) is 27.6 Å². The Morgan fingerprint density at radius 3 is 1.77 bits per heavy atom. The minimum atomic E-state index is -0.809. The van der Waals surface area contributed by atoms with Gasteiger partial charge in [-0.3, -0.25) is 4.79 Å². The molecule has 112 valence electrons. The fourth-order valence-electron chi connectivity index (χ4n) is 1.69. The lowest BCUT2D eigenvalue weighted by Crippen LogP contribution is -2.13. The van der Waals surface area contributed by atoms with Crippen molar-refractivity contribution < 1.29 is 24.2 Å². The van der Waals surface area contributed by atoms with E-state index in [0.29, 0.717) is 5.69 Å². The van der Waals surface area contributed by atoms with E-state index in [9.17, 15) is 14.4 Å². The average molecular weight is 299 g/mol. The highest BCUT2D eigenvalue weighted by molar-refractivity contribution is 6.02. The number of amides is 1. The molecular weight excluding hydrogens is 286 g/mol. The monoisotopic (exact) mass is 299 g/mol. The molecule has 2 rings (SSSR count). The van der Waals surface area contributed by atoms with Crippen molar-refractivity contribution in [2.75, 3.05) is 5.32 Å². The highest BCUT2D eigenvalue weighted by Crippen LogP contribution is 2.13. The van der Waals surface area contributed by atoms with Crippen LogP contribution in [0.3, 0.4) is 0 Å². The molecule has 0 aliphatic carbocycles. The maximum Gasteiger partial charge on any atom is 0.346 e. The second-order valence-corrected chi connectivity index (χ2v) is 4.48. The maximum atomic E-state index is 11.8. The summed E-state index contributed by atoms with van der Waals surface area (Å²) in [6.07, 6.45) is 0. The number of carbonyl (C=O) groups excluding carboxylic acids is 3. The number of nitrogens with one attached hydrogen (secondary N) is 1. The van der Waals surface area contributed by atoms with E-state index in [0.717, 1.165) is 0 Å². The quantitative estimate of drug-likeness (QED) is 0.670. The molecule has 0 aromatic heterocycles. The van der Waals surface area contributed by atoms with Crippen LogP contribution in [0, 0.1) is 0 Å². The Morgan fingerprint density at radius 1 is 0.864 bits per heavy atom. The lowest BCUT2D eigenvalue weighted by Gasteiger charge is -2.05. The van der Waals surface area contributed by atoms with Crippen LogP contribution in [0.5, 0.6) is 5.75 Å². The van der Waals surface area contributed by atoms with Gasteiger partial charge in [0.1, 0.15) is 5.75 Å². The summed E-state index contributed by atoms with van der Waals surface area (Å²) in [5.74, 6) is -1.82. The van der Waals surface area contributed by atoms with Gasteiger partial charge >= 0.3 is 11.9 Å². The van der Waals surface area contributed by atoms with E-state index in [1.165, 1.54) is 55.5 Å². The molecule has 0 radical (unpaired) electrons. The second kappa shape index (κ2) is 6.53. The molecule has 6 nitrogen and oxygen atoms in total. The number of anilines is 1. The number of phenols is 1. The Morgan fingerprint density at radius 2 is 1.32 bits per heavy atom. The lowest BCUT2D eigenvalue weighted by atomic mass is 10.2. The van der Waals surface area contributed by atoms with Crippen molar-refractivity contribution in [1.29, 1.82) is 0 Å². The number of carbonyl (C=O) groups is 3. The smallest absolute Gasteiger partial charge is 0.346 e. The summed E-state index contributed by atoms with van der Waals surface area (Å²) in [6, 6.07) is 11.3. The zero-order valence-electron chi connectivity index (χ0n) is 11.7. The Kier molecular flexibility index (Phi) is 4.53. The van der Waals surface area contributed by atoms with Gasteiger partial charge in [0.2, 0.25) is 5.91 Å². The number of hydrogen-bond donors (Lipinski definition) is 2. The molecular formula is C16H13NO5. The van der Waals surface area contributed by atoms with Gasteiger partial charge < -0.3 is 15.2 Å². The molecule has 0 heterocycles. The van der Waals surface area contributed by atoms with Crippen LogP contribution in [0.25, 0.3) is 0 Å². The first-order valence-electron chi connectivity index (χ1n) is 6.39. The van der Waals surface area contributed by atoms with Gasteiger partial charge in [-0.05, 0) is 48.5 Å². The van der Waals surface area contributed by atoms with Crippen molar-refractivity contribution >= 4 is 23.5 Å². The zero-order valence-corrected chi connectivity index (χ0v) is 11.7. The van der Waals surface area contributed by atoms with Crippen LogP contribution in [0.15, 0.2) is 48.5 Å². The average Bonchev–Trinajstić information content (AvgIpc) is 2.48. The molecule has 2 aromatic rings. The van der Waals surface area contributed by atoms with Crippen molar-refractivity contribution in [1.82, 2.24) is 0 Å². The molecule has 0 atom stereocenters. The minimum absolute atomic E-state index is 0.0106. The predicted octanol–water partition coefficient (Wildman–Crippen LogP) is 2.35. The molecule has 1 amide bonds. The summed E-state index contributed by atoms with van der Waals surface area (Å²) in [4.78, 5) is 34.5. The van der Waals surface area contributed by atoms with E-state index in [4.69, 9.17) is 9.84 Å². The first kappa shape index (κ1) is 15.2. The van der Waals surface area contributed by atoms with Crippen molar-refractivity contribution in [2.24, 2.45) is 0 Å². The summed E-state index contributed by atoms with van der Waals surface area (Å²) in [6.45, 7) is 1.37. The summed E-state index contributed by atoms with van der Waals surface area (Å²) in [7, 11) is 0. The van der Waals surface area contributed by atoms with Gasteiger partial charge in [-0.15, -0.1) is 0 Å². The van der Waals surface area contributed by atoms with Crippen molar-refractivity contribution in [3.63, 3.8) is 0 Å². The highest BCUT2D eigenvalue weighted by atomic mass is 16.6. The van der Waals surface area contributed by atoms with Crippen LogP contribution < -0.4 is 5.32 Å². The van der Waals surface area contributed by atoms with Crippen molar-refractivity contribution in [2.45, 2.75) is 6.92 Å². The van der Waals surface area contributed by atoms with E-state index in [1.807, 2.05) is 0 Å². The van der Waals surface area contributed by atoms with Crippen LogP contribution >= 0.6 is 0 Å². The molecule has 0 saturated carbocycles. The number of rotatable bonds is 3. The summed E-state index contributed by atoms with van der Waals surface area (Å²) < 4.78 is 4.74. The van der Waals surface area contributed by atoms with E-state index < -0.39 is 11.9 Å². The molecule has 0 unspecified atom stereocenters. The van der Waals surface area contributed by atoms with Crippen LogP contribution in [0.4, 0.5) is 5.69 Å². The SMILES string of the molecule is CC(=O)Nc1ccc(C(=O)OC(=O)c2ccc(O)cc2)cc1. The molecule has 0 aliphatic heterocycles. The molecule has 0 bridgehead atoms. The topological polar surface area (TPSA) is 92.7 Å². The number of phenolic OH excluding ortho intramolecular Hbond substituents is 1. The molecule has 0 spiro atoms. The number of aromatic hydroxyl groups is 1. The number of hydrogen-bond acceptors (Lipinski definition) is 5. The summed E-state index contributed by atoms with van der Waals surface area (Å²) >= 11 is 0. The van der Waals surface area contributed by atoms with Crippen LogP contribution in [-0.4, -0.2) is 23.0 Å². The Labute approximate surface area is 126 Å². The Balaban J connectivity index is 2.03.